The van der Waals surface area contributed by atoms with Gasteiger partial charge < -0.3 is 0 Å². The molecule has 3 aromatic rings. The highest BCUT2D eigenvalue weighted by molar-refractivity contribution is 7.89. The number of benzene rings is 2. The van der Waals surface area contributed by atoms with Crippen LogP contribution < -0.4 is 0 Å². The van der Waals surface area contributed by atoms with Gasteiger partial charge in [0.2, 0.25) is 4.90 Å². The maximum absolute atomic E-state index is 11.6. The molecule has 1 fully saturated rings. The molecule has 1 aromatic heterocycles. The second kappa shape index (κ2) is 10.8. The van der Waals surface area contributed by atoms with Gasteiger partial charge in [-0.05, 0) is 65.7 Å². The predicted molar refractivity (Wildman–Crippen MR) is 167 cm³/mol. The van der Waals surface area contributed by atoms with Crippen LogP contribution in [-0.2, 0) is 29.6 Å². The Labute approximate surface area is 247 Å². The van der Waals surface area contributed by atoms with E-state index in [1.807, 2.05) is 18.3 Å². The summed E-state index contributed by atoms with van der Waals surface area (Å²) < 4.78 is 16.1. The Kier molecular flexibility index (Phi) is 7.32. The number of nitriles is 1. The fourth-order valence-corrected chi connectivity index (χ4v) is 7.99. The molecule has 2 aromatic carbocycles. The van der Waals surface area contributed by atoms with Gasteiger partial charge in [-0.3, -0.25) is 4.68 Å². The smallest absolute Gasteiger partial charge is 0.258 e. The van der Waals surface area contributed by atoms with Gasteiger partial charge >= 0.3 is 0 Å². The number of hydrogen-bond donors (Lipinski definition) is 1. The number of nitrogens with zero attached hydrogens (tertiary/aromatic N) is 4. The zero-order chi connectivity index (χ0) is 28.8. The van der Waals surface area contributed by atoms with Gasteiger partial charge in [0.25, 0.3) is 11.4 Å². The van der Waals surface area contributed by atoms with Crippen molar-refractivity contribution in [2.45, 2.75) is 63.3 Å². The molecule has 5 nitrogen and oxygen atoms in total. The first-order chi connectivity index (χ1) is 19.7. The predicted octanol–water partition coefficient (Wildman–Crippen LogP) is 7.32. The van der Waals surface area contributed by atoms with Gasteiger partial charge in [-0.25, -0.2) is 0 Å². The van der Waals surface area contributed by atoms with Crippen molar-refractivity contribution in [2.24, 2.45) is 11.3 Å². The summed E-state index contributed by atoms with van der Waals surface area (Å²) >= 11 is -0.976. The van der Waals surface area contributed by atoms with E-state index in [4.69, 9.17) is 5.10 Å². The average Bonchev–Trinajstić information content (AvgIpc) is 3.36. The molecule has 210 valence electrons. The van der Waals surface area contributed by atoms with Gasteiger partial charge in [-0.2, -0.15) is 14.9 Å². The lowest BCUT2D eigenvalue weighted by Gasteiger charge is -2.44. The Bertz CT molecular complexity index is 1550. The van der Waals surface area contributed by atoms with Crippen LogP contribution in [0.3, 0.4) is 0 Å². The van der Waals surface area contributed by atoms with Crippen molar-refractivity contribution in [3.05, 3.63) is 113 Å². The molecule has 0 bridgehead atoms. The average molecular weight is 564 g/mol. The molecule has 2 heterocycles. The molecule has 41 heavy (non-hydrogen) atoms. The second-order valence-corrected chi connectivity index (χ2v) is 14.4. The van der Waals surface area contributed by atoms with Crippen molar-refractivity contribution in [3.8, 4) is 6.07 Å². The van der Waals surface area contributed by atoms with E-state index in [0.717, 1.165) is 42.8 Å². The molecule has 0 saturated carbocycles. The summed E-state index contributed by atoms with van der Waals surface area (Å²) in [6, 6.07) is 21.7. The van der Waals surface area contributed by atoms with E-state index in [9.17, 15) is 9.81 Å². The fourth-order valence-electron chi connectivity index (χ4n) is 6.68. The Morgan fingerprint density at radius 3 is 2.56 bits per heavy atom. The summed E-state index contributed by atoms with van der Waals surface area (Å²) in [6.07, 6.45) is 13.2. The molecular weight excluding hydrogens is 524 g/mol. The third kappa shape index (κ3) is 5.35. The zero-order valence-electron chi connectivity index (χ0n) is 24.4. The molecule has 1 N–H and O–H groups in total. The summed E-state index contributed by atoms with van der Waals surface area (Å²) in [4.78, 5) is 0.979. The lowest BCUT2D eigenvalue weighted by Crippen LogP contribution is -2.50. The van der Waals surface area contributed by atoms with E-state index in [-0.39, 0.29) is 22.8 Å². The summed E-state index contributed by atoms with van der Waals surface area (Å²) in [5.41, 5.74) is 7.19. The van der Waals surface area contributed by atoms with Crippen LogP contribution in [0.15, 0.2) is 95.1 Å². The minimum Gasteiger partial charge on any atom is -0.258 e. The van der Waals surface area contributed by atoms with Crippen molar-refractivity contribution in [1.29, 1.82) is 5.26 Å². The molecule has 1 saturated heterocycles. The summed E-state index contributed by atoms with van der Waals surface area (Å²) in [5.74, 6) is 0.191. The molecule has 3 aliphatic rings. The molecule has 6 heteroatoms. The van der Waals surface area contributed by atoms with Crippen molar-refractivity contribution in [2.75, 3.05) is 13.1 Å². The van der Waals surface area contributed by atoms with Crippen molar-refractivity contribution < 1.29 is 4.55 Å². The van der Waals surface area contributed by atoms with Gasteiger partial charge in [0.15, 0.2) is 0 Å². The van der Waals surface area contributed by atoms with E-state index < -0.39 is 11.4 Å². The molecule has 0 radical (unpaired) electrons. The Hall–Kier alpha value is -3.37. The van der Waals surface area contributed by atoms with Crippen LogP contribution >= 0.6 is 0 Å². The molecule has 0 spiro atoms. The Balaban J connectivity index is 1.32. The van der Waals surface area contributed by atoms with E-state index in [1.54, 1.807) is 0 Å². The van der Waals surface area contributed by atoms with E-state index >= 15 is 0 Å². The van der Waals surface area contributed by atoms with Crippen LogP contribution in [0.1, 0.15) is 62.5 Å². The highest BCUT2D eigenvalue weighted by Gasteiger charge is 2.48. The molecule has 0 amide bonds. The SMILES string of the molecule is CC1C=C(C#N)C=CC1n1ncc2c1C=C1CCN([S+](O)c3ccc(C(C)(C)C)cc3)CC1(Cc1ccccc1)C2. The molecule has 6 rings (SSSR count). The lowest BCUT2D eigenvalue weighted by atomic mass is 9.65. The van der Waals surface area contributed by atoms with Crippen LogP contribution in [0.2, 0.25) is 0 Å². The van der Waals surface area contributed by atoms with Crippen molar-refractivity contribution in [3.63, 3.8) is 0 Å². The first kappa shape index (κ1) is 27.8. The van der Waals surface area contributed by atoms with Crippen LogP contribution in [0.4, 0.5) is 0 Å². The molecular formula is C35H39N4OS+. The normalized spacial score (nSPS) is 25.0. The van der Waals surface area contributed by atoms with Gasteiger partial charge in [0.1, 0.15) is 0 Å². The largest absolute Gasteiger partial charge is 0.278 e. The zero-order valence-corrected chi connectivity index (χ0v) is 25.2. The van der Waals surface area contributed by atoms with Crippen LogP contribution in [0, 0.1) is 22.7 Å². The van der Waals surface area contributed by atoms with Crippen LogP contribution in [0.25, 0.3) is 6.08 Å². The minimum absolute atomic E-state index is 0.0842. The number of allylic oxidation sites excluding steroid dienone is 4. The van der Waals surface area contributed by atoms with E-state index in [1.165, 1.54) is 28.0 Å². The topological polar surface area (TPSA) is 65.1 Å². The van der Waals surface area contributed by atoms with E-state index in [0.29, 0.717) is 0 Å². The number of hydrogen-bond acceptors (Lipinski definition) is 4. The van der Waals surface area contributed by atoms with Crippen LogP contribution in [-0.4, -0.2) is 31.7 Å². The van der Waals surface area contributed by atoms with Gasteiger partial charge in [0.05, 0.1) is 37.1 Å². The third-order valence-corrected chi connectivity index (χ3v) is 10.5. The van der Waals surface area contributed by atoms with Gasteiger partial charge in [0, 0.05) is 16.9 Å². The molecule has 1 aliphatic heterocycles. The number of rotatable bonds is 5. The van der Waals surface area contributed by atoms with Crippen molar-refractivity contribution in [1.82, 2.24) is 14.1 Å². The van der Waals surface area contributed by atoms with Crippen LogP contribution in [0.5, 0.6) is 0 Å². The quantitative estimate of drug-likeness (QED) is 0.331. The first-order valence-corrected chi connectivity index (χ1v) is 15.7. The van der Waals surface area contributed by atoms with Gasteiger partial charge in [-0.15, -0.1) is 0 Å². The summed E-state index contributed by atoms with van der Waals surface area (Å²) in [5, 5.41) is 14.2. The molecule has 4 unspecified atom stereocenters. The maximum Gasteiger partial charge on any atom is 0.278 e. The second-order valence-electron chi connectivity index (χ2n) is 12.9. The summed E-state index contributed by atoms with van der Waals surface area (Å²) in [7, 11) is 0. The highest BCUT2D eigenvalue weighted by Crippen LogP contribution is 2.48. The Morgan fingerprint density at radius 1 is 1.12 bits per heavy atom. The first-order valence-electron chi connectivity index (χ1n) is 14.6. The monoisotopic (exact) mass is 563 g/mol. The van der Waals surface area contributed by atoms with Crippen molar-refractivity contribution >= 4 is 17.4 Å². The van der Waals surface area contributed by atoms with E-state index in [2.05, 4.69) is 110 Å². The standard InChI is InChI=1S/C35H39N4OS/c1-25-18-27(22-36)10-15-32(25)39-33-19-30-16-17-38(41(40)31-13-11-29(12-14-31)34(2,3)4)24-35(30,21-28(33)23-37-39)20-26-8-6-5-7-9-26/h5-15,18-19,23,25,32,40H,16-17,20-21,24H2,1-4H3/q+1. The van der Waals surface area contributed by atoms with Gasteiger partial charge in [-0.1, -0.05) is 92.2 Å². The number of aromatic nitrogens is 2. The minimum atomic E-state index is -0.976. The highest BCUT2D eigenvalue weighted by atomic mass is 32.2. The summed E-state index contributed by atoms with van der Waals surface area (Å²) in [6.45, 7) is 10.4. The third-order valence-electron chi connectivity index (χ3n) is 8.97. The maximum atomic E-state index is 11.6. The number of fused-ring (bicyclic) bond motifs is 2. The Morgan fingerprint density at radius 2 is 1.88 bits per heavy atom. The number of piperidine rings is 1. The fraction of sp³-hybridized carbons (Fsp3) is 0.371. The molecule has 4 atom stereocenters. The lowest BCUT2D eigenvalue weighted by molar-refractivity contribution is 0.210. The molecule has 2 aliphatic carbocycles.